The molecular weight excluding hydrogens is 214 g/mol. The summed E-state index contributed by atoms with van der Waals surface area (Å²) in [5, 5.41) is 8.96. The molecule has 1 aromatic heterocycles. The maximum Gasteiger partial charge on any atom is 0.338 e. The van der Waals surface area contributed by atoms with Crippen molar-refractivity contribution in [1.82, 2.24) is 4.98 Å². The van der Waals surface area contributed by atoms with E-state index in [-0.39, 0.29) is 11.3 Å². The molecule has 0 fully saturated rings. The first kappa shape index (κ1) is 10.9. The molecule has 17 heavy (non-hydrogen) atoms. The van der Waals surface area contributed by atoms with Gasteiger partial charge in [0.15, 0.2) is 0 Å². The van der Waals surface area contributed by atoms with Crippen LogP contribution in [0.4, 0.5) is 0 Å². The van der Waals surface area contributed by atoms with Crippen LogP contribution < -0.4 is 0 Å². The summed E-state index contributed by atoms with van der Waals surface area (Å²) in [6.45, 7) is 0. The van der Waals surface area contributed by atoms with E-state index >= 15 is 0 Å². The second-order valence-corrected chi connectivity index (χ2v) is 3.32. The van der Waals surface area contributed by atoms with E-state index in [0.717, 1.165) is 5.56 Å². The fourth-order valence-electron chi connectivity index (χ4n) is 1.33. The van der Waals surface area contributed by atoms with Gasteiger partial charge in [-0.2, -0.15) is 0 Å². The number of carboxylic acids is 1. The highest BCUT2D eigenvalue weighted by molar-refractivity contribution is 5.90. The van der Waals surface area contributed by atoms with Gasteiger partial charge >= 0.3 is 5.97 Å². The van der Waals surface area contributed by atoms with Crippen molar-refractivity contribution in [1.29, 1.82) is 0 Å². The lowest BCUT2D eigenvalue weighted by atomic mass is 10.1. The summed E-state index contributed by atoms with van der Waals surface area (Å²) in [5.41, 5.74) is 1.23. The van der Waals surface area contributed by atoms with Gasteiger partial charge in [-0.1, -0.05) is 24.1 Å². The van der Waals surface area contributed by atoms with Crippen molar-refractivity contribution in [2.45, 2.75) is 0 Å². The lowest BCUT2D eigenvalue weighted by Crippen LogP contribution is -2.01. The third-order valence-corrected chi connectivity index (χ3v) is 2.14. The smallest absolute Gasteiger partial charge is 0.338 e. The lowest BCUT2D eigenvalue weighted by Gasteiger charge is -1.95. The van der Waals surface area contributed by atoms with Crippen LogP contribution in [0, 0.1) is 11.8 Å². The van der Waals surface area contributed by atoms with Crippen LogP contribution in [0.1, 0.15) is 21.6 Å². The molecule has 1 aromatic carbocycles. The maximum atomic E-state index is 10.9. The van der Waals surface area contributed by atoms with Gasteiger partial charge in [-0.3, -0.25) is 0 Å². The Morgan fingerprint density at radius 3 is 2.53 bits per heavy atom. The first-order valence-electron chi connectivity index (χ1n) is 5.03. The second-order valence-electron chi connectivity index (χ2n) is 3.32. The third-order valence-electron chi connectivity index (χ3n) is 2.14. The summed E-state index contributed by atoms with van der Waals surface area (Å²) in [4.78, 5) is 14.9. The minimum atomic E-state index is -1.02. The van der Waals surface area contributed by atoms with E-state index in [1.807, 2.05) is 30.3 Å². The Hall–Kier alpha value is -2.60. The van der Waals surface area contributed by atoms with Crippen molar-refractivity contribution in [3.05, 3.63) is 65.5 Å². The number of aromatic carboxylic acids is 1. The van der Waals surface area contributed by atoms with Crippen molar-refractivity contribution in [2.75, 3.05) is 0 Å². The fourth-order valence-corrected chi connectivity index (χ4v) is 1.33. The van der Waals surface area contributed by atoms with E-state index in [2.05, 4.69) is 16.8 Å². The zero-order chi connectivity index (χ0) is 12.1. The van der Waals surface area contributed by atoms with E-state index in [1.165, 1.54) is 12.3 Å². The average Bonchev–Trinajstić information content (AvgIpc) is 2.38. The molecule has 3 heteroatoms. The van der Waals surface area contributed by atoms with Crippen LogP contribution in [0.2, 0.25) is 0 Å². The third kappa shape index (κ3) is 2.70. The number of carboxylic acid groups (broad SMARTS) is 1. The van der Waals surface area contributed by atoms with Crippen LogP contribution in [-0.4, -0.2) is 16.1 Å². The summed E-state index contributed by atoms with van der Waals surface area (Å²) in [6, 6.07) is 12.4. The molecule has 3 nitrogen and oxygen atoms in total. The van der Waals surface area contributed by atoms with E-state index < -0.39 is 5.97 Å². The monoisotopic (exact) mass is 223 g/mol. The van der Waals surface area contributed by atoms with Crippen LogP contribution >= 0.6 is 0 Å². The minimum absolute atomic E-state index is 0.121. The molecule has 2 aromatic rings. The maximum absolute atomic E-state index is 10.9. The van der Waals surface area contributed by atoms with E-state index in [0.29, 0.717) is 0 Å². The second kappa shape index (κ2) is 4.95. The summed E-state index contributed by atoms with van der Waals surface area (Å²) in [5.74, 6) is 4.63. The van der Waals surface area contributed by atoms with Crippen molar-refractivity contribution >= 4 is 5.97 Å². The molecule has 0 radical (unpaired) electrons. The number of hydrogen-bond acceptors (Lipinski definition) is 2. The van der Waals surface area contributed by atoms with Crippen molar-refractivity contribution in [2.24, 2.45) is 0 Å². The van der Waals surface area contributed by atoms with Gasteiger partial charge in [0.05, 0.1) is 5.56 Å². The predicted molar refractivity (Wildman–Crippen MR) is 63.6 cm³/mol. The van der Waals surface area contributed by atoms with Gasteiger partial charge in [0.25, 0.3) is 0 Å². The van der Waals surface area contributed by atoms with Crippen LogP contribution in [0.3, 0.4) is 0 Å². The molecule has 0 saturated heterocycles. The Bertz CT molecular complexity index is 594. The van der Waals surface area contributed by atoms with Gasteiger partial charge in [-0.25, -0.2) is 9.78 Å². The Labute approximate surface area is 98.8 Å². The van der Waals surface area contributed by atoms with Crippen LogP contribution in [0.25, 0.3) is 0 Å². The molecule has 0 unspecified atom stereocenters. The normalized spacial score (nSPS) is 9.18. The standard InChI is InChI=1S/C14H9NO2/c16-14(17)12-7-4-10-15-13(12)9-8-11-5-2-1-3-6-11/h1-7,10H,(H,16,17). The van der Waals surface area contributed by atoms with E-state index in [9.17, 15) is 4.79 Å². The number of carbonyl (C=O) groups is 1. The van der Waals surface area contributed by atoms with Crippen LogP contribution in [0.15, 0.2) is 48.7 Å². The van der Waals surface area contributed by atoms with E-state index in [4.69, 9.17) is 5.11 Å². The zero-order valence-corrected chi connectivity index (χ0v) is 8.92. The molecule has 0 saturated carbocycles. The van der Waals surface area contributed by atoms with Gasteiger partial charge in [-0.15, -0.1) is 0 Å². The molecule has 0 amide bonds. The summed E-state index contributed by atoms with van der Waals surface area (Å²) in [7, 11) is 0. The molecule has 1 N–H and O–H groups in total. The summed E-state index contributed by atoms with van der Waals surface area (Å²) < 4.78 is 0. The SMILES string of the molecule is O=C(O)c1cccnc1C#Cc1ccccc1. The number of aromatic nitrogens is 1. The first-order chi connectivity index (χ1) is 8.27. The van der Waals surface area contributed by atoms with Crippen molar-refractivity contribution < 1.29 is 9.90 Å². The molecule has 0 spiro atoms. The molecule has 1 heterocycles. The Morgan fingerprint density at radius 2 is 1.82 bits per heavy atom. The number of benzene rings is 1. The Morgan fingerprint density at radius 1 is 1.06 bits per heavy atom. The highest BCUT2D eigenvalue weighted by Crippen LogP contribution is 2.04. The number of nitrogens with zero attached hydrogens (tertiary/aromatic N) is 1. The Balaban J connectivity index is 2.38. The molecule has 0 atom stereocenters. The van der Waals surface area contributed by atoms with Crippen LogP contribution in [0.5, 0.6) is 0 Å². The quantitative estimate of drug-likeness (QED) is 0.754. The number of hydrogen-bond donors (Lipinski definition) is 1. The van der Waals surface area contributed by atoms with Gasteiger partial charge in [-0.05, 0) is 30.2 Å². The van der Waals surface area contributed by atoms with Gasteiger partial charge in [0.1, 0.15) is 5.69 Å². The molecule has 0 aliphatic heterocycles. The number of rotatable bonds is 1. The van der Waals surface area contributed by atoms with Crippen LogP contribution in [-0.2, 0) is 0 Å². The highest BCUT2D eigenvalue weighted by Gasteiger charge is 2.07. The lowest BCUT2D eigenvalue weighted by molar-refractivity contribution is 0.0696. The molecule has 0 aliphatic carbocycles. The topological polar surface area (TPSA) is 50.2 Å². The zero-order valence-electron chi connectivity index (χ0n) is 8.92. The van der Waals surface area contributed by atoms with Gasteiger partial charge in [0.2, 0.25) is 0 Å². The van der Waals surface area contributed by atoms with E-state index in [1.54, 1.807) is 6.07 Å². The summed E-state index contributed by atoms with van der Waals surface area (Å²) in [6.07, 6.45) is 1.53. The molecule has 0 bridgehead atoms. The molecule has 2 rings (SSSR count). The predicted octanol–water partition coefficient (Wildman–Crippen LogP) is 2.18. The largest absolute Gasteiger partial charge is 0.478 e. The minimum Gasteiger partial charge on any atom is -0.478 e. The summed E-state index contributed by atoms with van der Waals surface area (Å²) >= 11 is 0. The molecular formula is C14H9NO2. The Kier molecular flexibility index (Phi) is 3.18. The highest BCUT2D eigenvalue weighted by atomic mass is 16.4. The van der Waals surface area contributed by atoms with Gasteiger partial charge in [0, 0.05) is 11.8 Å². The first-order valence-corrected chi connectivity index (χ1v) is 5.03. The number of pyridine rings is 1. The van der Waals surface area contributed by atoms with Gasteiger partial charge < -0.3 is 5.11 Å². The van der Waals surface area contributed by atoms with Crippen molar-refractivity contribution in [3.8, 4) is 11.8 Å². The fraction of sp³-hybridized carbons (Fsp3) is 0. The van der Waals surface area contributed by atoms with Crippen molar-refractivity contribution in [3.63, 3.8) is 0 Å². The molecule has 82 valence electrons. The molecule has 0 aliphatic rings. The average molecular weight is 223 g/mol.